The lowest BCUT2D eigenvalue weighted by Crippen LogP contribution is -2.39. The molecule has 6 nitrogen and oxygen atoms in total. The van der Waals surface area contributed by atoms with Crippen LogP contribution in [0.1, 0.15) is 25.3 Å². The summed E-state index contributed by atoms with van der Waals surface area (Å²) in [6, 6.07) is 0. The van der Waals surface area contributed by atoms with Gasteiger partial charge in [-0.05, 0) is 6.42 Å². The van der Waals surface area contributed by atoms with Crippen LogP contribution in [0.4, 0.5) is 0 Å². The van der Waals surface area contributed by atoms with Crippen molar-refractivity contribution in [2.75, 3.05) is 19.8 Å². The SMILES string of the molecule is CCCCOCCNCc1cn(C)c(=O)n(C)c1=O. The van der Waals surface area contributed by atoms with Crippen LogP contribution in [0.25, 0.3) is 0 Å². The molecule has 0 bridgehead atoms. The molecule has 108 valence electrons. The van der Waals surface area contributed by atoms with Crippen molar-refractivity contribution < 1.29 is 4.74 Å². The second-order valence-electron chi connectivity index (χ2n) is 4.55. The molecule has 1 heterocycles. The third kappa shape index (κ3) is 4.65. The number of rotatable bonds is 8. The van der Waals surface area contributed by atoms with Gasteiger partial charge in [0.15, 0.2) is 0 Å². The first-order valence-corrected chi connectivity index (χ1v) is 6.62. The Kier molecular flexibility index (Phi) is 6.52. The predicted molar refractivity (Wildman–Crippen MR) is 74.4 cm³/mol. The highest BCUT2D eigenvalue weighted by molar-refractivity contribution is 5.05. The predicted octanol–water partition coefficient (Wildman–Crippen LogP) is -0.00970. The largest absolute Gasteiger partial charge is 0.380 e. The zero-order valence-corrected chi connectivity index (χ0v) is 11.9. The van der Waals surface area contributed by atoms with E-state index in [0.717, 1.165) is 24.0 Å². The summed E-state index contributed by atoms with van der Waals surface area (Å²) < 4.78 is 7.94. The molecule has 19 heavy (non-hydrogen) atoms. The fourth-order valence-corrected chi connectivity index (χ4v) is 1.72. The van der Waals surface area contributed by atoms with Crippen LogP contribution in [-0.2, 0) is 25.4 Å². The van der Waals surface area contributed by atoms with E-state index < -0.39 is 0 Å². The van der Waals surface area contributed by atoms with Gasteiger partial charge in [-0.25, -0.2) is 4.79 Å². The highest BCUT2D eigenvalue weighted by atomic mass is 16.5. The number of nitrogens with one attached hydrogen (secondary N) is 1. The third-order valence-electron chi connectivity index (χ3n) is 2.90. The number of hydrogen-bond donors (Lipinski definition) is 1. The monoisotopic (exact) mass is 269 g/mol. The van der Waals surface area contributed by atoms with Crippen LogP contribution < -0.4 is 16.6 Å². The summed E-state index contributed by atoms with van der Waals surface area (Å²) in [5.41, 5.74) is 0.0253. The number of ether oxygens (including phenoxy) is 1. The Hall–Kier alpha value is -1.40. The van der Waals surface area contributed by atoms with E-state index in [0.29, 0.717) is 25.3 Å². The summed E-state index contributed by atoms with van der Waals surface area (Å²) >= 11 is 0. The van der Waals surface area contributed by atoms with Crippen LogP contribution in [0.15, 0.2) is 15.8 Å². The quantitative estimate of drug-likeness (QED) is 0.674. The lowest BCUT2D eigenvalue weighted by Gasteiger charge is -2.08. The molecular weight excluding hydrogens is 246 g/mol. The van der Waals surface area contributed by atoms with Crippen LogP contribution in [0, 0.1) is 0 Å². The molecule has 1 rings (SSSR count). The van der Waals surface area contributed by atoms with E-state index in [-0.39, 0.29) is 11.2 Å². The van der Waals surface area contributed by atoms with Crippen molar-refractivity contribution in [1.82, 2.24) is 14.5 Å². The number of aromatic nitrogens is 2. The second-order valence-corrected chi connectivity index (χ2v) is 4.55. The Morgan fingerprint density at radius 1 is 1.26 bits per heavy atom. The third-order valence-corrected chi connectivity index (χ3v) is 2.90. The Balaban J connectivity index is 2.42. The summed E-state index contributed by atoms with van der Waals surface area (Å²) in [4.78, 5) is 23.3. The number of aryl methyl sites for hydroxylation is 1. The molecule has 0 aliphatic heterocycles. The Labute approximate surface area is 113 Å². The number of unbranched alkanes of at least 4 members (excludes halogenated alkanes) is 1. The van der Waals surface area contributed by atoms with Gasteiger partial charge in [0.1, 0.15) is 0 Å². The minimum atomic E-state index is -0.309. The van der Waals surface area contributed by atoms with E-state index in [4.69, 9.17) is 4.74 Å². The average Bonchev–Trinajstić information content (AvgIpc) is 2.41. The van der Waals surface area contributed by atoms with Crippen molar-refractivity contribution in [3.8, 4) is 0 Å². The molecule has 0 saturated heterocycles. The molecule has 1 aromatic rings. The average molecular weight is 269 g/mol. The first kappa shape index (κ1) is 15.7. The van der Waals surface area contributed by atoms with Gasteiger partial charge in [-0.15, -0.1) is 0 Å². The van der Waals surface area contributed by atoms with Crippen molar-refractivity contribution in [3.63, 3.8) is 0 Å². The zero-order valence-electron chi connectivity index (χ0n) is 11.9. The highest BCUT2D eigenvalue weighted by Gasteiger charge is 2.05. The van der Waals surface area contributed by atoms with E-state index in [9.17, 15) is 9.59 Å². The first-order valence-electron chi connectivity index (χ1n) is 6.62. The van der Waals surface area contributed by atoms with Crippen LogP contribution >= 0.6 is 0 Å². The van der Waals surface area contributed by atoms with Gasteiger partial charge in [0.05, 0.1) is 6.61 Å². The smallest absolute Gasteiger partial charge is 0.330 e. The molecule has 1 aromatic heterocycles. The highest BCUT2D eigenvalue weighted by Crippen LogP contribution is 1.89. The molecule has 0 saturated carbocycles. The van der Waals surface area contributed by atoms with Crippen molar-refractivity contribution in [1.29, 1.82) is 0 Å². The topological polar surface area (TPSA) is 65.3 Å². The Bertz CT molecular complexity index is 505. The van der Waals surface area contributed by atoms with E-state index in [2.05, 4.69) is 12.2 Å². The maximum atomic E-state index is 11.8. The normalized spacial score (nSPS) is 10.9. The molecule has 0 aromatic carbocycles. The minimum Gasteiger partial charge on any atom is -0.380 e. The van der Waals surface area contributed by atoms with E-state index in [1.807, 2.05) is 0 Å². The minimum absolute atomic E-state index is 0.248. The van der Waals surface area contributed by atoms with Crippen LogP contribution in [0.3, 0.4) is 0 Å². The summed E-state index contributed by atoms with van der Waals surface area (Å²) in [7, 11) is 3.13. The van der Waals surface area contributed by atoms with Crippen molar-refractivity contribution >= 4 is 0 Å². The summed E-state index contributed by atoms with van der Waals surface area (Å²) in [6.45, 7) is 4.66. The molecule has 0 aliphatic carbocycles. The lowest BCUT2D eigenvalue weighted by atomic mass is 10.3. The van der Waals surface area contributed by atoms with Gasteiger partial charge in [0, 0.05) is 45.6 Å². The van der Waals surface area contributed by atoms with Crippen molar-refractivity contribution in [2.45, 2.75) is 26.3 Å². The van der Waals surface area contributed by atoms with Gasteiger partial charge >= 0.3 is 5.69 Å². The molecule has 1 N–H and O–H groups in total. The summed E-state index contributed by atoms with van der Waals surface area (Å²) in [5.74, 6) is 0. The van der Waals surface area contributed by atoms with Gasteiger partial charge in [0.25, 0.3) is 5.56 Å². The molecule has 6 heteroatoms. The molecule has 0 amide bonds. The molecule has 0 atom stereocenters. The van der Waals surface area contributed by atoms with Crippen LogP contribution in [0.2, 0.25) is 0 Å². The molecule has 0 radical (unpaired) electrons. The maximum Gasteiger partial charge on any atom is 0.330 e. The van der Waals surface area contributed by atoms with Crippen LogP contribution in [-0.4, -0.2) is 28.9 Å². The van der Waals surface area contributed by atoms with E-state index in [1.165, 1.54) is 11.6 Å². The molecule has 0 spiro atoms. The fourth-order valence-electron chi connectivity index (χ4n) is 1.72. The molecule has 0 fully saturated rings. The molecule has 0 unspecified atom stereocenters. The van der Waals surface area contributed by atoms with Gasteiger partial charge in [-0.3, -0.25) is 9.36 Å². The Morgan fingerprint density at radius 2 is 2.00 bits per heavy atom. The molecular formula is C13H23N3O3. The lowest BCUT2D eigenvalue weighted by molar-refractivity contribution is 0.133. The zero-order chi connectivity index (χ0) is 14.3. The van der Waals surface area contributed by atoms with Crippen molar-refractivity contribution in [3.05, 3.63) is 32.6 Å². The Morgan fingerprint density at radius 3 is 2.68 bits per heavy atom. The van der Waals surface area contributed by atoms with E-state index in [1.54, 1.807) is 13.2 Å². The number of nitrogens with zero attached hydrogens (tertiary/aromatic N) is 2. The summed E-state index contributed by atoms with van der Waals surface area (Å²) in [6.07, 6.45) is 3.78. The number of hydrogen-bond acceptors (Lipinski definition) is 4. The first-order chi connectivity index (χ1) is 9.07. The summed E-state index contributed by atoms with van der Waals surface area (Å²) in [5, 5.41) is 3.14. The van der Waals surface area contributed by atoms with Gasteiger partial charge in [-0.2, -0.15) is 0 Å². The maximum absolute atomic E-state index is 11.8. The van der Waals surface area contributed by atoms with Crippen molar-refractivity contribution in [2.24, 2.45) is 14.1 Å². The standard InChI is InChI=1S/C13H23N3O3/c1-4-5-7-19-8-6-14-9-11-10-15(2)13(18)16(3)12(11)17/h10,14H,4-9H2,1-3H3. The van der Waals surface area contributed by atoms with Gasteiger partial charge in [-0.1, -0.05) is 13.3 Å². The van der Waals surface area contributed by atoms with Crippen LogP contribution in [0.5, 0.6) is 0 Å². The van der Waals surface area contributed by atoms with E-state index >= 15 is 0 Å². The van der Waals surface area contributed by atoms with Gasteiger partial charge < -0.3 is 14.6 Å². The fraction of sp³-hybridized carbons (Fsp3) is 0.692. The second kappa shape index (κ2) is 7.91. The van der Waals surface area contributed by atoms with Gasteiger partial charge in [0.2, 0.25) is 0 Å². The molecule has 0 aliphatic rings.